The highest BCUT2D eigenvalue weighted by molar-refractivity contribution is 9.10. The molecule has 3 aromatic rings. The topological polar surface area (TPSA) is 96.5 Å². The molecule has 1 N–H and O–H groups in total. The van der Waals surface area contributed by atoms with Crippen LogP contribution in [0.15, 0.2) is 62.8 Å². The Balaban J connectivity index is 1.25. The zero-order valence-corrected chi connectivity index (χ0v) is 23.5. The van der Waals surface area contributed by atoms with Crippen LogP contribution in [0.1, 0.15) is 40.1 Å². The number of amides is 2. The van der Waals surface area contributed by atoms with Gasteiger partial charge in [-0.05, 0) is 73.1 Å². The summed E-state index contributed by atoms with van der Waals surface area (Å²) in [4.78, 5) is 57.4. The number of thioether (sulfide) groups is 1. The lowest BCUT2D eigenvalue weighted by atomic mass is 9.68. The van der Waals surface area contributed by atoms with E-state index in [0.29, 0.717) is 11.3 Å². The molecule has 10 heteroatoms. The average molecular weight is 612 g/mol. The number of benzene rings is 2. The van der Waals surface area contributed by atoms with Crippen molar-refractivity contribution in [3.8, 4) is 0 Å². The summed E-state index contributed by atoms with van der Waals surface area (Å²) in [5.74, 6) is -1.20. The minimum Gasteiger partial charge on any atom is -0.462 e. The fourth-order valence-corrected chi connectivity index (χ4v) is 10.6. The molecule has 5 unspecified atom stereocenters. The van der Waals surface area contributed by atoms with Gasteiger partial charge in [-0.25, -0.2) is 4.79 Å². The first-order valence-corrected chi connectivity index (χ1v) is 15.2. The lowest BCUT2D eigenvalue weighted by molar-refractivity contribution is -0.123. The number of rotatable bonds is 4. The van der Waals surface area contributed by atoms with Gasteiger partial charge in [0.05, 0.1) is 34.7 Å². The van der Waals surface area contributed by atoms with Gasteiger partial charge in [-0.15, -0.1) is 11.8 Å². The molecule has 7 nitrogen and oxygen atoms in total. The van der Waals surface area contributed by atoms with Gasteiger partial charge in [0.2, 0.25) is 11.8 Å². The first-order chi connectivity index (χ1) is 18.4. The quantitative estimate of drug-likeness (QED) is 0.328. The minimum atomic E-state index is -0.432. The fraction of sp³-hybridized carbons (Fsp3) is 0.357. The summed E-state index contributed by atoms with van der Waals surface area (Å²) in [6.07, 6.45) is 0.842. The Labute approximate surface area is 235 Å². The number of aromatic amines is 1. The second kappa shape index (κ2) is 8.93. The molecule has 38 heavy (non-hydrogen) atoms. The van der Waals surface area contributed by atoms with Crippen LogP contribution in [0.25, 0.3) is 0 Å². The minimum absolute atomic E-state index is 0.00513. The van der Waals surface area contributed by atoms with Crippen molar-refractivity contribution in [3.63, 3.8) is 0 Å². The Morgan fingerprint density at radius 2 is 1.82 bits per heavy atom. The predicted molar refractivity (Wildman–Crippen MR) is 148 cm³/mol. The molecule has 0 radical (unpaired) electrons. The summed E-state index contributed by atoms with van der Waals surface area (Å²) in [5, 5.41) is 1.05. The predicted octanol–water partition coefficient (Wildman–Crippen LogP) is 5.05. The van der Waals surface area contributed by atoms with E-state index in [1.807, 2.05) is 12.1 Å². The van der Waals surface area contributed by atoms with Crippen molar-refractivity contribution in [2.75, 3.05) is 11.5 Å². The lowest BCUT2D eigenvalue weighted by Crippen LogP contribution is -2.42. The van der Waals surface area contributed by atoms with Crippen molar-refractivity contribution in [2.45, 2.75) is 29.5 Å². The number of ether oxygens (including phenoxy) is 1. The molecule has 194 valence electrons. The number of nitrogens with one attached hydrogen (secondary N) is 1. The van der Waals surface area contributed by atoms with E-state index in [1.165, 1.54) is 16.2 Å². The maximum Gasteiger partial charge on any atom is 0.338 e. The number of hydrogen-bond acceptors (Lipinski definition) is 7. The van der Waals surface area contributed by atoms with Crippen LogP contribution >= 0.6 is 39.0 Å². The van der Waals surface area contributed by atoms with E-state index in [4.69, 9.17) is 4.74 Å². The zero-order chi connectivity index (χ0) is 26.3. The maximum atomic E-state index is 13.9. The SMILES string of the molecule is CCOC(=O)c1ccc(N2C(=O)C3C(C2=O)[C@@H]2C[C@H]3C3Sc4[nH]c(=O)sc4C(c4cccc(Br)c4)C32)cc1. The molecule has 7 rings (SSSR count). The largest absolute Gasteiger partial charge is 0.462 e. The Kier molecular flexibility index (Phi) is 5.72. The Morgan fingerprint density at radius 3 is 2.53 bits per heavy atom. The zero-order valence-electron chi connectivity index (χ0n) is 20.3. The van der Waals surface area contributed by atoms with E-state index in [1.54, 1.807) is 43.0 Å². The van der Waals surface area contributed by atoms with E-state index in [9.17, 15) is 19.2 Å². The molecule has 2 aliphatic carbocycles. The van der Waals surface area contributed by atoms with Crippen LogP contribution in [0.5, 0.6) is 0 Å². The number of nitrogens with zero attached hydrogens (tertiary/aromatic N) is 1. The van der Waals surface area contributed by atoms with Gasteiger partial charge in [0.15, 0.2) is 0 Å². The number of aromatic nitrogens is 1. The smallest absolute Gasteiger partial charge is 0.338 e. The van der Waals surface area contributed by atoms with Crippen molar-refractivity contribution in [3.05, 3.63) is 78.7 Å². The molecule has 1 saturated heterocycles. The summed E-state index contributed by atoms with van der Waals surface area (Å²) >= 11 is 6.54. The van der Waals surface area contributed by atoms with E-state index >= 15 is 0 Å². The molecule has 1 aromatic heterocycles. The van der Waals surface area contributed by atoms with Crippen LogP contribution in [0.4, 0.5) is 5.69 Å². The summed E-state index contributed by atoms with van der Waals surface area (Å²) in [6, 6.07) is 14.7. The monoisotopic (exact) mass is 610 g/mol. The molecule has 0 spiro atoms. The van der Waals surface area contributed by atoms with Crippen molar-refractivity contribution in [2.24, 2.45) is 29.6 Å². The Bertz CT molecular complexity index is 1550. The third kappa shape index (κ3) is 3.46. The number of thiazole rings is 1. The third-order valence-corrected chi connectivity index (χ3v) is 11.6. The molecule has 2 aliphatic heterocycles. The average Bonchev–Trinajstić information content (AvgIpc) is 3.63. The van der Waals surface area contributed by atoms with Gasteiger partial charge < -0.3 is 9.72 Å². The number of carbonyl (C=O) groups is 3. The highest BCUT2D eigenvalue weighted by atomic mass is 79.9. The van der Waals surface area contributed by atoms with E-state index in [2.05, 4.69) is 33.0 Å². The molecule has 4 aliphatic rings. The first-order valence-electron chi connectivity index (χ1n) is 12.7. The number of esters is 1. The highest BCUT2D eigenvalue weighted by Gasteiger charge is 2.69. The maximum absolute atomic E-state index is 13.9. The van der Waals surface area contributed by atoms with Crippen LogP contribution in [0.2, 0.25) is 0 Å². The van der Waals surface area contributed by atoms with Gasteiger partial charge in [0.1, 0.15) is 0 Å². The molecular formula is C28H23BrN2O5S2. The van der Waals surface area contributed by atoms with Crippen molar-refractivity contribution in [1.29, 1.82) is 0 Å². The number of carbonyl (C=O) groups excluding carboxylic acids is 3. The van der Waals surface area contributed by atoms with Gasteiger partial charge in [-0.3, -0.25) is 19.3 Å². The van der Waals surface area contributed by atoms with Crippen LogP contribution in [0.3, 0.4) is 0 Å². The molecule has 7 atom stereocenters. The summed E-state index contributed by atoms with van der Waals surface area (Å²) in [5.41, 5.74) is 2.00. The Morgan fingerprint density at radius 1 is 1.08 bits per heavy atom. The van der Waals surface area contributed by atoms with E-state index in [0.717, 1.165) is 26.4 Å². The first kappa shape index (κ1) is 24.4. The summed E-state index contributed by atoms with van der Waals surface area (Å²) < 4.78 is 6.03. The number of halogens is 1. The highest BCUT2D eigenvalue weighted by Crippen LogP contribution is 2.68. The number of hydrogen-bond donors (Lipinski definition) is 1. The van der Waals surface area contributed by atoms with Crippen molar-refractivity contribution in [1.82, 2.24) is 4.98 Å². The van der Waals surface area contributed by atoms with E-state index in [-0.39, 0.29) is 64.1 Å². The number of H-pyrrole nitrogens is 1. The van der Waals surface area contributed by atoms with E-state index < -0.39 is 5.97 Å². The van der Waals surface area contributed by atoms with Crippen LogP contribution < -0.4 is 9.77 Å². The standard InChI is InChI=1S/C28H23BrN2O5S2/c1-2-36-27(34)12-6-8-15(9-7-12)31-25(32)20-16-11-17(21(20)26(31)33)22-19(16)18(13-4-3-5-14(29)10-13)23-24(37-22)30-28(35)38-23/h3-10,16-22H,2,11H2,1H3,(H,30,35)/t16-,17-,18?,19?,20?,21?,22?/m1/s1. The van der Waals surface area contributed by atoms with Gasteiger partial charge in [-0.1, -0.05) is 39.4 Å². The molecule has 2 amide bonds. The van der Waals surface area contributed by atoms with Crippen molar-refractivity contribution >= 4 is 62.5 Å². The second-order valence-corrected chi connectivity index (χ2v) is 13.4. The number of anilines is 1. The van der Waals surface area contributed by atoms with Gasteiger partial charge >= 0.3 is 10.8 Å². The summed E-state index contributed by atoms with van der Waals surface area (Å²) in [6.45, 7) is 2.02. The van der Waals surface area contributed by atoms with Crippen LogP contribution in [0, 0.1) is 29.6 Å². The van der Waals surface area contributed by atoms with Crippen LogP contribution in [-0.4, -0.2) is 34.6 Å². The Hall–Kier alpha value is -2.69. The number of fused-ring (bicyclic) bond motifs is 9. The van der Waals surface area contributed by atoms with Gasteiger partial charge in [0.25, 0.3) is 0 Å². The molecule has 2 aromatic carbocycles. The fourth-order valence-electron chi connectivity index (χ4n) is 7.31. The molecular weight excluding hydrogens is 588 g/mol. The molecule has 3 fully saturated rings. The van der Waals surface area contributed by atoms with Gasteiger partial charge in [-0.2, -0.15) is 0 Å². The lowest BCUT2D eigenvalue weighted by Gasteiger charge is -2.43. The molecule has 2 bridgehead atoms. The normalized spacial score (nSPS) is 30.8. The van der Waals surface area contributed by atoms with Crippen LogP contribution in [-0.2, 0) is 14.3 Å². The second-order valence-electron chi connectivity index (χ2n) is 10.3. The molecule has 2 saturated carbocycles. The molecule has 3 heterocycles. The summed E-state index contributed by atoms with van der Waals surface area (Å²) in [7, 11) is 0. The van der Waals surface area contributed by atoms with Gasteiger partial charge in [0, 0.05) is 20.5 Å². The third-order valence-electron chi connectivity index (χ3n) is 8.57. The van der Waals surface area contributed by atoms with Crippen molar-refractivity contribution < 1.29 is 19.1 Å². The number of imide groups is 1.